The number of halogens is 1. The molecule has 1 atom stereocenters. The lowest BCUT2D eigenvalue weighted by Crippen LogP contribution is -2.32. The molecule has 5 nitrogen and oxygen atoms in total. The van der Waals surface area contributed by atoms with Gasteiger partial charge in [-0.2, -0.15) is 0 Å². The van der Waals surface area contributed by atoms with Gasteiger partial charge in [0.1, 0.15) is 5.02 Å². The molecule has 1 N–H and O–H groups in total. The molecular weight excluding hydrogens is 316 g/mol. The third-order valence-electron chi connectivity index (χ3n) is 3.49. The van der Waals surface area contributed by atoms with Crippen molar-refractivity contribution in [2.75, 3.05) is 0 Å². The summed E-state index contributed by atoms with van der Waals surface area (Å²) in [5.74, 6) is -0.342. The summed E-state index contributed by atoms with van der Waals surface area (Å²) in [4.78, 5) is 22.4. The highest BCUT2D eigenvalue weighted by Crippen LogP contribution is 2.25. The largest absolute Gasteiger partial charge is 0.350 e. The standard InChI is InChI=1S/C17H17ClN2O3/c1-12(7-8-13-5-3-2-4-6-13)19-17(21)14-9-10-15(18)16(11-14)20(22)23/h2-6,9-12H,7-8H2,1H3,(H,19,21)/t12-/m0/s1. The molecule has 2 aromatic carbocycles. The zero-order chi connectivity index (χ0) is 16.8. The van der Waals surface area contributed by atoms with Gasteiger partial charge in [0.15, 0.2) is 0 Å². The summed E-state index contributed by atoms with van der Waals surface area (Å²) in [6, 6.07) is 14.0. The Hall–Kier alpha value is -2.40. The number of hydrogen-bond acceptors (Lipinski definition) is 3. The van der Waals surface area contributed by atoms with Crippen molar-refractivity contribution < 1.29 is 9.72 Å². The van der Waals surface area contributed by atoms with Crippen molar-refractivity contribution in [1.82, 2.24) is 5.32 Å². The number of benzene rings is 2. The second kappa shape index (κ2) is 7.74. The van der Waals surface area contributed by atoms with Crippen molar-refractivity contribution in [3.8, 4) is 0 Å². The van der Waals surface area contributed by atoms with Gasteiger partial charge in [0.25, 0.3) is 11.6 Å². The van der Waals surface area contributed by atoms with Crippen LogP contribution in [0.3, 0.4) is 0 Å². The van der Waals surface area contributed by atoms with E-state index in [4.69, 9.17) is 11.6 Å². The summed E-state index contributed by atoms with van der Waals surface area (Å²) in [5.41, 5.74) is 1.17. The first kappa shape index (κ1) is 17.0. The number of nitro groups is 1. The van der Waals surface area contributed by atoms with Crippen LogP contribution in [-0.2, 0) is 6.42 Å². The molecule has 0 spiro atoms. The van der Waals surface area contributed by atoms with Gasteiger partial charge in [0.05, 0.1) is 4.92 Å². The first-order chi connectivity index (χ1) is 11.0. The van der Waals surface area contributed by atoms with Gasteiger partial charge in [-0.05, 0) is 37.5 Å². The number of rotatable bonds is 6. The van der Waals surface area contributed by atoms with E-state index in [-0.39, 0.29) is 28.2 Å². The Labute approximate surface area is 139 Å². The zero-order valence-corrected chi connectivity index (χ0v) is 13.4. The summed E-state index contributed by atoms with van der Waals surface area (Å²) in [6.45, 7) is 1.91. The lowest BCUT2D eigenvalue weighted by atomic mass is 10.1. The molecule has 0 aliphatic rings. The molecule has 0 heterocycles. The van der Waals surface area contributed by atoms with Crippen LogP contribution < -0.4 is 5.32 Å². The molecule has 0 aliphatic heterocycles. The Morgan fingerprint density at radius 3 is 2.61 bits per heavy atom. The fraction of sp³-hybridized carbons (Fsp3) is 0.235. The first-order valence-electron chi connectivity index (χ1n) is 7.26. The Bertz CT molecular complexity index is 704. The van der Waals surface area contributed by atoms with Gasteiger partial charge in [0.2, 0.25) is 0 Å². The highest BCUT2D eigenvalue weighted by Gasteiger charge is 2.17. The topological polar surface area (TPSA) is 72.2 Å². The molecule has 1 amide bonds. The SMILES string of the molecule is C[C@@H](CCc1ccccc1)NC(=O)c1ccc(Cl)c([N+](=O)[O-])c1. The number of amides is 1. The van der Waals surface area contributed by atoms with Gasteiger partial charge >= 0.3 is 0 Å². The second-order valence-electron chi connectivity index (χ2n) is 5.32. The lowest BCUT2D eigenvalue weighted by molar-refractivity contribution is -0.384. The highest BCUT2D eigenvalue weighted by molar-refractivity contribution is 6.32. The van der Waals surface area contributed by atoms with E-state index in [2.05, 4.69) is 5.32 Å². The number of nitro benzene ring substituents is 1. The molecule has 2 rings (SSSR count). The molecule has 0 radical (unpaired) electrons. The van der Waals surface area contributed by atoms with Crippen LogP contribution in [0.4, 0.5) is 5.69 Å². The van der Waals surface area contributed by atoms with Gasteiger partial charge in [-0.3, -0.25) is 14.9 Å². The molecular formula is C17H17ClN2O3. The van der Waals surface area contributed by atoms with Crippen LogP contribution in [0.1, 0.15) is 29.3 Å². The normalized spacial score (nSPS) is 11.7. The van der Waals surface area contributed by atoms with Crippen LogP contribution in [0.2, 0.25) is 5.02 Å². The van der Waals surface area contributed by atoms with Crippen molar-refractivity contribution in [2.24, 2.45) is 0 Å². The Balaban J connectivity index is 1.96. The average molecular weight is 333 g/mol. The van der Waals surface area contributed by atoms with Gasteiger partial charge in [-0.1, -0.05) is 41.9 Å². The van der Waals surface area contributed by atoms with Gasteiger partial charge < -0.3 is 5.32 Å². The molecule has 120 valence electrons. The predicted molar refractivity (Wildman–Crippen MR) is 89.8 cm³/mol. The fourth-order valence-corrected chi connectivity index (χ4v) is 2.39. The summed E-state index contributed by atoms with van der Waals surface area (Å²) in [7, 11) is 0. The number of carbonyl (C=O) groups is 1. The van der Waals surface area contributed by atoms with Crippen LogP contribution >= 0.6 is 11.6 Å². The van der Waals surface area contributed by atoms with E-state index in [0.29, 0.717) is 0 Å². The molecule has 0 saturated carbocycles. The summed E-state index contributed by atoms with van der Waals surface area (Å²) in [5, 5.41) is 13.7. The van der Waals surface area contributed by atoms with Crippen molar-refractivity contribution >= 4 is 23.2 Å². The maximum absolute atomic E-state index is 12.2. The number of nitrogens with zero attached hydrogens (tertiary/aromatic N) is 1. The van der Waals surface area contributed by atoms with E-state index < -0.39 is 4.92 Å². The minimum atomic E-state index is -0.599. The number of aryl methyl sites for hydroxylation is 1. The summed E-state index contributed by atoms with van der Waals surface area (Å²) in [6.07, 6.45) is 1.63. The molecule has 0 saturated heterocycles. The van der Waals surface area contributed by atoms with E-state index in [1.807, 2.05) is 37.3 Å². The Morgan fingerprint density at radius 2 is 1.96 bits per heavy atom. The monoisotopic (exact) mass is 332 g/mol. The maximum Gasteiger partial charge on any atom is 0.288 e. The maximum atomic E-state index is 12.2. The highest BCUT2D eigenvalue weighted by atomic mass is 35.5. The summed E-state index contributed by atoms with van der Waals surface area (Å²) < 4.78 is 0. The third kappa shape index (κ3) is 4.79. The van der Waals surface area contributed by atoms with Crippen molar-refractivity contribution in [2.45, 2.75) is 25.8 Å². The van der Waals surface area contributed by atoms with E-state index >= 15 is 0 Å². The van der Waals surface area contributed by atoms with Crippen LogP contribution in [0.25, 0.3) is 0 Å². The predicted octanol–water partition coefficient (Wildman–Crippen LogP) is 4.00. The quantitative estimate of drug-likeness (QED) is 0.642. The number of carbonyl (C=O) groups excluding carboxylic acids is 1. The van der Waals surface area contributed by atoms with Gasteiger partial charge in [0, 0.05) is 17.7 Å². The zero-order valence-electron chi connectivity index (χ0n) is 12.7. The van der Waals surface area contributed by atoms with E-state index in [9.17, 15) is 14.9 Å². The lowest BCUT2D eigenvalue weighted by Gasteiger charge is -2.14. The van der Waals surface area contributed by atoms with Gasteiger partial charge in [-0.25, -0.2) is 0 Å². The fourth-order valence-electron chi connectivity index (χ4n) is 2.20. The van der Waals surface area contributed by atoms with E-state index in [1.54, 1.807) is 0 Å². The Kier molecular flexibility index (Phi) is 5.71. The Morgan fingerprint density at radius 1 is 1.26 bits per heavy atom. The smallest absolute Gasteiger partial charge is 0.288 e. The van der Waals surface area contributed by atoms with E-state index in [1.165, 1.54) is 23.8 Å². The minimum absolute atomic E-state index is 0.0173. The molecule has 0 unspecified atom stereocenters. The molecule has 0 aliphatic carbocycles. The number of nitrogens with one attached hydrogen (secondary N) is 1. The first-order valence-corrected chi connectivity index (χ1v) is 7.64. The average Bonchev–Trinajstić information content (AvgIpc) is 2.54. The third-order valence-corrected chi connectivity index (χ3v) is 3.81. The molecule has 0 bridgehead atoms. The van der Waals surface area contributed by atoms with Crippen LogP contribution in [0, 0.1) is 10.1 Å². The van der Waals surface area contributed by atoms with Gasteiger partial charge in [-0.15, -0.1) is 0 Å². The van der Waals surface area contributed by atoms with Crippen molar-refractivity contribution in [3.63, 3.8) is 0 Å². The minimum Gasteiger partial charge on any atom is -0.350 e. The van der Waals surface area contributed by atoms with Crippen molar-refractivity contribution in [3.05, 3.63) is 74.8 Å². The van der Waals surface area contributed by atoms with Crippen LogP contribution in [0.15, 0.2) is 48.5 Å². The molecule has 23 heavy (non-hydrogen) atoms. The second-order valence-corrected chi connectivity index (χ2v) is 5.73. The van der Waals surface area contributed by atoms with Crippen LogP contribution in [0.5, 0.6) is 0 Å². The molecule has 0 aromatic heterocycles. The summed E-state index contributed by atoms with van der Waals surface area (Å²) >= 11 is 5.75. The number of hydrogen-bond donors (Lipinski definition) is 1. The van der Waals surface area contributed by atoms with E-state index in [0.717, 1.165) is 12.8 Å². The van der Waals surface area contributed by atoms with Crippen molar-refractivity contribution in [1.29, 1.82) is 0 Å². The molecule has 0 fully saturated rings. The van der Waals surface area contributed by atoms with Crippen LogP contribution in [-0.4, -0.2) is 16.9 Å². The molecule has 2 aromatic rings. The molecule has 6 heteroatoms.